The first-order valence-electron chi connectivity index (χ1n) is 17.1. The molecule has 0 unspecified atom stereocenters. The fraction of sp³-hybridized carbons (Fsp3) is 0.154. The summed E-state index contributed by atoms with van der Waals surface area (Å²) < 4.78 is 116. The average Bonchev–Trinajstić information content (AvgIpc) is 3.12. The van der Waals surface area contributed by atoms with E-state index in [1.807, 2.05) is 0 Å². The smallest absolute Gasteiger partial charge is 0.296 e. The highest BCUT2D eigenvalue weighted by Crippen LogP contribution is 2.46. The highest BCUT2D eigenvalue weighted by Gasteiger charge is 2.29. The first-order valence-corrected chi connectivity index (χ1v) is 21.4. The minimum Gasteiger partial charge on any atom is -0.456 e. The number of carbonyl (C=O) groups excluding carboxylic acids is 2. The minimum absolute atomic E-state index is 0.123. The molecule has 0 spiro atoms. The minimum atomic E-state index is -5.13. The monoisotopic (exact) mass is 848 g/mol. The molecule has 1 aliphatic heterocycles. The maximum absolute atomic E-state index is 13.1. The summed E-state index contributed by atoms with van der Waals surface area (Å²) in [7, 11) is -15.2. The van der Waals surface area contributed by atoms with Crippen molar-refractivity contribution in [1.82, 2.24) is 0 Å². The lowest BCUT2D eigenvalue weighted by Crippen LogP contribution is -2.16. The number of anilines is 4. The molecule has 16 nitrogen and oxygen atoms in total. The molecule has 2 aliphatic rings. The number of nitrogens with zero attached hydrogens (tertiary/aromatic N) is 1. The van der Waals surface area contributed by atoms with Crippen molar-refractivity contribution in [2.45, 2.75) is 56.2 Å². The van der Waals surface area contributed by atoms with Gasteiger partial charge in [-0.25, -0.2) is 4.99 Å². The molecule has 1 aliphatic carbocycles. The van der Waals surface area contributed by atoms with Crippen LogP contribution in [0, 0.1) is 41.5 Å². The van der Waals surface area contributed by atoms with Crippen LogP contribution in [0.1, 0.15) is 33.4 Å². The number of hydrogen-bond acceptors (Lipinski definition) is 11. The number of amides is 2. The molecule has 58 heavy (non-hydrogen) atoms. The van der Waals surface area contributed by atoms with Gasteiger partial charge in [-0.3, -0.25) is 23.2 Å². The van der Waals surface area contributed by atoms with E-state index in [0.717, 1.165) is 18.2 Å². The maximum atomic E-state index is 13.1. The Morgan fingerprint density at radius 1 is 0.603 bits per heavy atom. The van der Waals surface area contributed by atoms with E-state index in [4.69, 9.17) is 4.42 Å². The Bertz CT molecular complexity index is 3120. The molecule has 0 saturated carbocycles. The molecule has 6 N–H and O–H groups in total. The molecule has 0 bridgehead atoms. The van der Waals surface area contributed by atoms with Gasteiger partial charge in [0, 0.05) is 51.3 Å². The molecule has 2 amide bonds. The van der Waals surface area contributed by atoms with Crippen LogP contribution in [0.3, 0.4) is 0 Å². The molecule has 302 valence electrons. The number of fused-ring (bicyclic) bond motifs is 2. The SMILES string of the molecule is Cc1cc(C)c(NC=O)c(C)c1N=c1cc2oc3cc(Nc4c(C)cc(C)c(NC=O)c4C)c(S(=O)(=O)O)cc3c(-c3ccccc3S(=O)(=O)O)c-2cc1S(=O)(=O)O. The lowest BCUT2D eigenvalue weighted by Gasteiger charge is -2.21. The Labute approximate surface area is 333 Å². The Balaban J connectivity index is 1.81. The van der Waals surface area contributed by atoms with Crippen molar-refractivity contribution < 1.29 is 52.9 Å². The summed E-state index contributed by atoms with van der Waals surface area (Å²) in [6.07, 6.45) is 0.962. The molecule has 6 rings (SSSR count). The summed E-state index contributed by atoms with van der Waals surface area (Å²) >= 11 is 0. The van der Waals surface area contributed by atoms with Crippen LogP contribution in [-0.2, 0) is 39.9 Å². The number of nitrogens with one attached hydrogen (secondary N) is 3. The van der Waals surface area contributed by atoms with E-state index in [2.05, 4.69) is 20.9 Å². The summed E-state index contributed by atoms with van der Waals surface area (Å²) in [5.41, 5.74) is 4.15. The summed E-state index contributed by atoms with van der Waals surface area (Å²) in [6, 6.07) is 12.9. The zero-order valence-corrected chi connectivity index (χ0v) is 34.1. The van der Waals surface area contributed by atoms with E-state index in [9.17, 15) is 48.5 Å². The van der Waals surface area contributed by atoms with Crippen LogP contribution in [0.15, 0.2) is 84.8 Å². The molecule has 19 heteroatoms. The number of benzene rings is 5. The summed E-state index contributed by atoms with van der Waals surface area (Å²) in [4.78, 5) is 25.3. The van der Waals surface area contributed by atoms with E-state index in [1.165, 1.54) is 30.3 Å². The molecule has 0 aromatic heterocycles. The Hall–Kier alpha value is -5.96. The summed E-state index contributed by atoms with van der Waals surface area (Å²) in [5.74, 6) is -0.141. The lowest BCUT2D eigenvalue weighted by atomic mass is 9.93. The molecule has 4 aromatic carbocycles. The van der Waals surface area contributed by atoms with Crippen molar-refractivity contribution in [3.8, 4) is 22.5 Å². The Morgan fingerprint density at radius 2 is 1.16 bits per heavy atom. The van der Waals surface area contributed by atoms with Gasteiger partial charge in [0.1, 0.15) is 26.0 Å². The normalized spacial score (nSPS) is 12.5. The molecular weight excluding hydrogens is 813 g/mol. The fourth-order valence-electron chi connectivity index (χ4n) is 7.27. The van der Waals surface area contributed by atoms with Gasteiger partial charge >= 0.3 is 0 Å². The van der Waals surface area contributed by atoms with Crippen LogP contribution in [0.25, 0.3) is 33.4 Å². The van der Waals surface area contributed by atoms with Gasteiger partial charge in [0.2, 0.25) is 12.8 Å². The van der Waals surface area contributed by atoms with Crippen molar-refractivity contribution in [1.29, 1.82) is 0 Å². The molecule has 0 radical (unpaired) electrons. The van der Waals surface area contributed by atoms with Crippen LogP contribution in [-0.4, -0.2) is 51.7 Å². The predicted octanol–water partition coefficient (Wildman–Crippen LogP) is 6.91. The van der Waals surface area contributed by atoms with Crippen LogP contribution in [0.4, 0.5) is 28.4 Å². The average molecular weight is 849 g/mol. The second-order valence-electron chi connectivity index (χ2n) is 13.6. The van der Waals surface area contributed by atoms with Gasteiger partial charge in [0.15, 0.2) is 0 Å². The van der Waals surface area contributed by atoms with Crippen LogP contribution in [0.5, 0.6) is 0 Å². The highest BCUT2D eigenvalue weighted by atomic mass is 32.2. The zero-order valence-electron chi connectivity index (χ0n) is 31.6. The molecular formula is C39H36N4O12S3. The van der Waals surface area contributed by atoms with Crippen molar-refractivity contribution in [3.05, 3.63) is 99.4 Å². The first kappa shape index (κ1) is 41.7. The molecule has 0 fully saturated rings. The summed E-state index contributed by atoms with van der Waals surface area (Å²) in [6.45, 7) is 10.3. The van der Waals surface area contributed by atoms with Crippen molar-refractivity contribution in [2.75, 3.05) is 16.0 Å². The maximum Gasteiger partial charge on any atom is 0.296 e. The number of aryl methyl sites for hydroxylation is 4. The van der Waals surface area contributed by atoms with Gasteiger partial charge in [0.05, 0.1) is 16.7 Å². The van der Waals surface area contributed by atoms with Crippen molar-refractivity contribution in [2.24, 2.45) is 4.99 Å². The van der Waals surface area contributed by atoms with E-state index in [-0.39, 0.29) is 50.2 Å². The van der Waals surface area contributed by atoms with E-state index >= 15 is 0 Å². The fourth-order valence-corrected chi connectivity index (χ4v) is 9.26. The summed E-state index contributed by atoms with van der Waals surface area (Å²) in [5, 5.41) is 7.78. The third-order valence-electron chi connectivity index (χ3n) is 9.69. The number of rotatable bonds is 11. The van der Waals surface area contributed by atoms with Gasteiger partial charge in [-0.2, -0.15) is 25.3 Å². The van der Waals surface area contributed by atoms with Gasteiger partial charge in [0.25, 0.3) is 30.4 Å². The molecule has 0 atom stereocenters. The van der Waals surface area contributed by atoms with Crippen LogP contribution >= 0.6 is 0 Å². The number of carbonyl (C=O) groups is 2. The third kappa shape index (κ3) is 7.70. The largest absolute Gasteiger partial charge is 0.456 e. The highest BCUT2D eigenvalue weighted by molar-refractivity contribution is 7.86. The Morgan fingerprint density at radius 3 is 1.74 bits per heavy atom. The van der Waals surface area contributed by atoms with Gasteiger partial charge in [-0.1, -0.05) is 30.3 Å². The lowest BCUT2D eigenvalue weighted by molar-refractivity contribution is -0.106. The van der Waals surface area contributed by atoms with Crippen LogP contribution in [0.2, 0.25) is 0 Å². The standard InChI is InChI=1S/C39H36N4O12S3/c1-19-11-21(3)38(23(5)36(19)40-17-44)42-28-15-30-26(13-33(28)57(49,50)51)35(25-9-7-8-10-32(25)56(46,47)48)27-14-34(58(52,53)54)29(16-31(27)55-30)43-39-22(4)12-20(2)37(24(39)6)41-18-45/h7-18,42H,1-6H3,(H,40,44)(H,41,45)(H,46,47,48)(H,49,50,51)(H,52,53,54). The van der Waals surface area contributed by atoms with Gasteiger partial charge in [-0.05, 0) is 93.1 Å². The quantitative estimate of drug-likeness (QED) is 0.0441. The van der Waals surface area contributed by atoms with Gasteiger partial charge < -0.3 is 20.4 Å². The van der Waals surface area contributed by atoms with E-state index in [1.54, 1.807) is 53.7 Å². The topological polar surface area (TPSA) is 259 Å². The zero-order chi connectivity index (χ0) is 42.6. The third-order valence-corrected chi connectivity index (χ3v) is 12.4. The molecule has 0 saturated heterocycles. The number of hydrogen-bond donors (Lipinski definition) is 6. The van der Waals surface area contributed by atoms with Crippen molar-refractivity contribution >= 4 is 82.6 Å². The Kier molecular flexibility index (Phi) is 10.8. The second kappa shape index (κ2) is 15.1. The van der Waals surface area contributed by atoms with E-state index in [0.29, 0.717) is 63.3 Å². The second-order valence-corrected chi connectivity index (χ2v) is 17.7. The van der Waals surface area contributed by atoms with Crippen LogP contribution < -0.4 is 21.3 Å². The molecule has 1 heterocycles. The first-order chi connectivity index (χ1) is 27.1. The molecule has 4 aromatic rings. The van der Waals surface area contributed by atoms with Crippen molar-refractivity contribution in [3.63, 3.8) is 0 Å². The predicted molar refractivity (Wildman–Crippen MR) is 217 cm³/mol. The van der Waals surface area contributed by atoms with E-state index < -0.39 is 45.0 Å². The van der Waals surface area contributed by atoms with Gasteiger partial charge in [-0.15, -0.1) is 0 Å².